The Hall–Kier alpha value is -1.76. The Morgan fingerprint density at radius 2 is 2.13 bits per heavy atom. The molecule has 2 aromatic rings. The molecule has 1 heteroatoms. The second kappa shape index (κ2) is 3.77. The van der Waals surface area contributed by atoms with Crippen LogP contribution in [0.25, 0.3) is 23.1 Å². The zero-order valence-electron chi connectivity index (χ0n) is 8.92. The molecule has 1 aromatic carbocycles. The van der Waals surface area contributed by atoms with E-state index in [1.165, 1.54) is 0 Å². The van der Waals surface area contributed by atoms with Crippen molar-refractivity contribution >= 4 is 23.1 Å². The van der Waals surface area contributed by atoms with Crippen LogP contribution < -0.4 is 10.6 Å². The summed E-state index contributed by atoms with van der Waals surface area (Å²) < 4.78 is 5.77. The van der Waals surface area contributed by atoms with Crippen LogP contribution in [0.4, 0.5) is 0 Å². The third-order valence-electron chi connectivity index (χ3n) is 2.62. The molecular formula is C14H14O. The van der Waals surface area contributed by atoms with Crippen molar-refractivity contribution in [2.45, 2.75) is 13.3 Å². The average molecular weight is 198 g/mol. The monoisotopic (exact) mass is 198 g/mol. The van der Waals surface area contributed by atoms with Gasteiger partial charge in [-0.1, -0.05) is 44.4 Å². The van der Waals surface area contributed by atoms with Crippen LogP contribution in [-0.2, 0) is 0 Å². The molecule has 0 fully saturated rings. The fourth-order valence-corrected chi connectivity index (χ4v) is 1.76. The van der Waals surface area contributed by atoms with E-state index in [1.807, 2.05) is 30.3 Å². The van der Waals surface area contributed by atoms with Crippen LogP contribution in [0.15, 0.2) is 41.3 Å². The van der Waals surface area contributed by atoms with Crippen LogP contribution in [0.1, 0.15) is 13.3 Å². The van der Waals surface area contributed by atoms with Crippen molar-refractivity contribution in [3.63, 3.8) is 0 Å². The summed E-state index contributed by atoms with van der Waals surface area (Å²) in [6.45, 7) is 9.94. The number of para-hydroxylation sites is 1. The van der Waals surface area contributed by atoms with E-state index in [0.29, 0.717) is 0 Å². The van der Waals surface area contributed by atoms with Crippen molar-refractivity contribution in [2.24, 2.45) is 0 Å². The summed E-state index contributed by atoms with van der Waals surface area (Å²) in [4.78, 5) is 0. The minimum absolute atomic E-state index is 0.869. The highest BCUT2D eigenvalue weighted by atomic mass is 16.3. The van der Waals surface area contributed by atoms with Crippen molar-refractivity contribution in [2.75, 3.05) is 0 Å². The Morgan fingerprint density at radius 3 is 2.73 bits per heavy atom. The normalized spacial score (nSPS) is 12.9. The van der Waals surface area contributed by atoms with Crippen LogP contribution in [0.5, 0.6) is 0 Å². The summed E-state index contributed by atoms with van der Waals surface area (Å²) in [5.74, 6) is 0. The Kier molecular flexibility index (Phi) is 2.46. The van der Waals surface area contributed by atoms with E-state index < -0.39 is 0 Å². The Balaban J connectivity index is 2.96. The highest BCUT2D eigenvalue weighted by molar-refractivity contribution is 5.78. The van der Waals surface area contributed by atoms with Crippen molar-refractivity contribution in [3.8, 4) is 0 Å². The first kappa shape index (κ1) is 9.78. The van der Waals surface area contributed by atoms with E-state index in [0.717, 1.165) is 33.6 Å². The molecule has 0 amide bonds. The first-order valence-electron chi connectivity index (χ1n) is 5.10. The minimum atomic E-state index is 0.869. The lowest BCUT2D eigenvalue weighted by atomic mass is 10.1. The summed E-state index contributed by atoms with van der Waals surface area (Å²) in [7, 11) is 0. The lowest BCUT2D eigenvalue weighted by Crippen LogP contribution is -2.20. The van der Waals surface area contributed by atoms with Gasteiger partial charge in [0, 0.05) is 10.6 Å². The summed E-state index contributed by atoms with van der Waals surface area (Å²) in [6, 6.07) is 7.95. The SMILES string of the molecule is C=C/C(CC)=c1/oc2ccccc2c1=C. The molecule has 1 nitrogen and oxygen atoms in total. The first-order valence-corrected chi connectivity index (χ1v) is 5.10. The van der Waals surface area contributed by atoms with Gasteiger partial charge in [-0.05, 0) is 18.1 Å². The van der Waals surface area contributed by atoms with Crippen molar-refractivity contribution < 1.29 is 4.42 Å². The fourth-order valence-electron chi connectivity index (χ4n) is 1.76. The fraction of sp³-hybridized carbons (Fsp3) is 0.143. The first-order chi connectivity index (χ1) is 7.27. The summed E-state index contributed by atoms with van der Waals surface area (Å²) in [5.41, 5.74) is 2.87. The van der Waals surface area contributed by atoms with Gasteiger partial charge in [-0.2, -0.15) is 0 Å². The van der Waals surface area contributed by atoms with Crippen LogP contribution in [0.3, 0.4) is 0 Å². The van der Waals surface area contributed by atoms with Crippen molar-refractivity contribution in [3.05, 3.63) is 47.6 Å². The molecule has 76 valence electrons. The molecular weight excluding hydrogens is 184 g/mol. The lowest BCUT2D eigenvalue weighted by Gasteiger charge is -1.90. The Labute approximate surface area is 89.0 Å². The van der Waals surface area contributed by atoms with E-state index in [4.69, 9.17) is 4.42 Å². The second-order valence-electron chi connectivity index (χ2n) is 3.49. The molecule has 0 spiro atoms. The molecule has 0 bridgehead atoms. The topological polar surface area (TPSA) is 13.1 Å². The predicted octanol–water partition coefficient (Wildman–Crippen LogP) is 2.59. The van der Waals surface area contributed by atoms with Gasteiger partial charge in [-0.3, -0.25) is 0 Å². The quantitative estimate of drug-likeness (QED) is 0.723. The molecule has 0 unspecified atom stereocenters. The number of allylic oxidation sites excluding steroid dienone is 1. The summed E-state index contributed by atoms with van der Waals surface area (Å²) in [5, 5.41) is 2.04. The Morgan fingerprint density at radius 1 is 1.40 bits per heavy atom. The number of rotatable bonds is 2. The van der Waals surface area contributed by atoms with Gasteiger partial charge >= 0.3 is 0 Å². The highest BCUT2D eigenvalue weighted by Gasteiger charge is 2.02. The van der Waals surface area contributed by atoms with Gasteiger partial charge in [0.2, 0.25) is 0 Å². The molecule has 0 aliphatic rings. The average Bonchev–Trinajstić information content (AvgIpc) is 2.60. The maximum atomic E-state index is 5.77. The molecule has 0 saturated heterocycles. The van der Waals surface area contributed by atoms with Crippen LogP contribution >= 0.6 is 0 Å². The van der Waals surface area contributed by atoms with Gasteiger partial charge in [0.05, 0.1) is 0 Å². The molecule has 1 aromatic heterocycles. The van der Waals surface area contributed by atoms with E-state index >= 15 is 0 Å². The third kappa shape index (κ3) is 1.50. The van der Waals surface area contributed by atoms with E-state index in [1.54, 1.807) is 0 Å². The largest absolute Gasteiger partial charge is 0.456 e. The van der Waals surface area contributed by atoms with Gasteiger partial charge in [0.1, 0.15) is 11.0 Å². The zero-order chi connectivity index (χ0) is 10.8. The number of hydrogen-bond donors (Lipinski definition) is 0. The van der Waals surface area contributed by atoms with Crippen LogP contribution in [0, 0.1) is 0 Å². The maximum absolute atomic E-state index is 5.77. The molecule has 15 heavy (non-hydrogen) atoms. The standard InChI is InChI=1S/C14H14O/c1-4-11(5-2)14-10(3)12-8-6-7-9-13(12)15-14/h4,6-9H,1,3,5H2,2H3/b14-11-. The number of benzene rings is 1. The summed E-state index contributed by atoms with van der Waals surface area (Å²) >= 11 is 0. The Bertz CT molecular complexity index is 602. The molecule has 0 aliphatic carbocycles. The van der Waals surface area contributed by atoms with Gasteiger partial charge in [0.25, 0.3) is 0 Å². The summed E-state index contributed by atoms with van der Waals surface area (Å²) in [6.07, 6.45) is 2.75. The van der Waals surface area contributed by atoms with Crippen LogP contribution in [0.2, 0.25) is 0 Å². The van der Waals surface area contributed by atoms with E-state index in [9.17, 15) is 0 Å². The van der Waals surface area contributed by atoms with Gasteiger partial charge in [-0.25, -0.2) is 0 Å². The molecule has 0 radical (unpaired) electrons. The van der Waals surface area contributed by atoms with Crippen molar-refractivity contribution in [1.82, 2.24) is 0 Å². The van der Waals surface area contributed by atoms with Gasteiger partial charge < -0.3 is 4.42 Å². The highest BCUT2D eigenvalue weighted by Crippen LogP contribution is 2.08. The van der Waals surface area contributed by atoms with Gasteiger partial charge in [-0.15, -0.1) is 0 Å². The van der Waals surface area contributed by atoms with E-state index in [2.05, 4.69) is 20.1 Å². The molecule has 0 N–H and O–H groups in total. The number of fused-ring (bicyclic) bond motifs is 1. The van der Waals surface area contributed by atoms with Crippen LogP contribution in [-0.4, -0.2) is 0 Å². The molecule has 1 heterocycles. The second-order valence-corrected chi connectivity index (χ2v) is 3.49. The predicted molar refractivity (Wildman–Crippen MR) is 64.9 cm³/mol. The molecule has 0 aliphatic heterocycles. The molecule has 0 saturated carbocycles. The van der Waals surface area contributed by atoms with E-state index in [-0.39, 0.29) is 0 Å². The maximum Gasteiger partial charge on any atom is 0.137 e. The van der Waals surface area contributed by atoms with Crippen molar-refractivity contribution in [1.29, 1.82) is 0 Å². The number of hydrogen-bond acceptors (Lipinski definition) is 1. The smallest absolute Gasteiger partial charge is 0.137 e. The molecule has 0 atom stereocenters. The number of furan rings is 1. The zero-order valence-corrected chi connectivity index (χ0v) is 8.92. The third-order valence-corrected chi connectivity index (χ3v) is 2.62. The minimum Gasteiger partial charge on any atom is -0.456 e. The molecule has 2 rings (SSSR count). The van der Waals surface area contributed by atoms with Gasteiger partial charge in [0.15, 0.2) is 0 Å². The lowest BCUT2D eigenvalue weighted by molar-refractivity contribution is 0.571.